The molecule has 17 aromatic rings. The van der Waals surface area contributed by atoms with Crippen LogP contribution in [0.2, 0.25) is 0 Å². The van der Waals surface area contributed by atoms with Gasteiger partial charge in [0, 0.05) is 78.1 Å². The van der Waals surface area contributed by atoms with Crippen molar-refractivity contribution in [2.45, 2.75) is 11.8 Å². The maximum absolute atomic E-state index is 5.47. The minimum atomic E-state index is -0.00223. The topological polar surface area (TPSA) is 61.4 Å². The van der Waals surface area contributed by atoms with E-state index in [1.54, 1.807) is 0 Å². The first-order valence-electron chi connectivity index (χ1n) is 32.3. The third kappa shape index (κ3) is 8.50. The van der Waals surface area contributed by atoms with Crippen LogP contribution in [-0.2, 0) is 0 Å². The van der Waals surface area contributed by atoms with Crippen LogP contribution >= 0.6 is 0 Å². The summed E-state index contributed by atoms with van der Waals surface area (Å²) in [6.45, 7) is 0. The largest absolute Gasteiger partial charge is 0.309 e. The second-order valence-corrected chi connectivity index (χ2v) is 24.7. The fraction of sp³-hybridized carbons (Fsp3) is 0.0227. The first kappa shape index (κ1) is 53.5. The van der Waals surface area contributed by atoms with Crippen LogP contribution in [0.4, 0.5) is 0 Å². The van der Waals surface area contributed by atoms with Gasteiger partial charge in [-0.3, -0.25) is 0 Å². The number of para-hydroxylation sites is 4. The van der Waals surface area contributed by atoms with Gasteiger partial charge in [-0.05, 0) is 128 Å². The van der Waals surface area contributed by atoms with Gasteiger partial charge in [-0.2, -0.15) is 0 Å². The monoisotopic (exact) mass is 1200 g/mol. The van der Waals surface area contributed by atoms with Gasteiger partial charge in [0.1, 0.15) is 0 Å². The van der Waals surface area contributed by atoms with Crippen LogP contribution in [0.25, 0.3) is 145 Å². The highest BCUT2D eigenvalue weighted by Crippen LogP contribution is 2.57. The standard InChI is InChI=1S/C88H56N6/c1-5-25-55(26-6-1)87-89-75(53-77(91-87)63-35-15-13-33-61(63)65-41-23-45-81-85(65)71-39-19-21-43-79(71)93(81)59-29-9-3-10-30-59)57-47-49-69-73(51-57)83-67-37-17-18-38-68(67)84(69)74-52-58(48-50-70(74)83)76-54-78(92-88(90-76)56-27-7-2-8-28-56)64-36-16-14-34-62(64)66-42-24-46-82-86(66)72-40-20-22-44-80(72)94(82)60-31-11-4-12-32-60/h1-54,83-84H. The summed E-state index contributed by atoms with van der Waals surface area (Å²) in [6.07, 6.45) is 0. The number of hydrogen-bond donors (Lipinski definition) is 0. The normalized spacial score (nSPS) is 13.7. The smallest absolute Gasteiger partial charge is 0.160 e. The van der Waals surface area contributed by atoms with Gasteiger partial charge in [-0.25, -0.2) is 19.9 Å². The zero-order chi connectivity index (χ0) is 61.8. The summed E-state index contributed by atoms with van der Waals surface area (Å²) in [7, 11) is 0. The van der Waals surface area contributed by atoms with Gasteiger partial charge in [0.2, 0.25) is 0 Å². The third-order valence-electron chi connectivity index (χ3n) is 19.6. The molecule has 94 heavy (non-hydrogen) atoms. The average molecular weight is 1200 g/mol. The summed E-state index contributed by atoms with van der Waals surface area (Å²) >= 11 is 0. The molecular formula is C88H56N6. The Morgan fingerprint density at radius 1 is 0.213 bits per heavy atom. The molecule has 13 aromatic carbocycles. The lowest BCUT2D eigenvalue weighted by Crippen LogP contribution is -2.27. The molecule has 0 amide bonds. The molecule has 6 nitrogen and oxygen atoms in total. The molecule has 0 fully saturated rings. The molecular weight excluding hydrogens is 1140 g/mol. The average Bonchev–Trinajstić information content (AvgIpc) is 0.919. The number of hydrogen-bond acceptors (Lipinski definition) is 4. The number of fused-ring (bicyclic) bond motifs is 6. The van der Waals surface area contributed by atoms with Crippen molar-refractivity contribution in [1.29, 1.82) is 0 Å². The summed E-state index contributed by atoms with van der Waals surface area (Å²) in [5.41, 5.74) is 28.9. The summed E-state index contributed by atoms with van der Waals surface area (Å²) in [4.78, 5) is 21.9. The molecule has 438 valence electrons. The van der Waals surface area contributed by atoms with E-state index in [0.717, 1.165) is 101 Å². The molecule has 3 aliphatic carbocycles. The van der Waals surface area contributed by atoms with Crippen LogP contribution in [0.1, 0.15) is 45.2 Å². The maximum Gasteiger partial charge on any atom is 0.160 e. The Bertz CT molecular complexity index is 5510. The van der Waals surface area contributed by atoms with Crippen molar-refractivity contribution < 1.29 is 0 Å². The molecule has 20 rings (SSSR count). The minimum absolute atomic E-state index is 0.00223. The SMILES string of the molecule is c1ccc(-c2nc(-c3ccc4c(c3)C3c5ccccc5C4c4cc(-c5cc(-c6ccccc6-c6cccc7c6c6ccccc6n7-c6ccccc6)nc(-c6ccccc6)n5)ccc43)cc(-c3ccccc3-c3cccc4c3c3ccccc3n4-c3ccccc3)n2)cc1. The molecule has 2 atom stereocenters. The predicted molar refractivity (Wildman–Crippen MR) is 385 cm³/mol. The number of aromatic nitrogens is 6. The zero-order valence-electron chi connectivity index (χ0n) is 51.0. The molecule has 2 bridgehead atoms. The Hall–Kier alpha value is -12.4. The lowest BCUT2D eigenvalue weighted by atomic mass is 9.60. The Labute approximate surface area is 543 Å². The Morgan fingerprint density at radius 2 is 0.543 bits per heavy atom. The second-order valence-electron chi connectivity index (χ2n) is 24.7. The van der Waals surface area contributed by atoms with E-state index in [2.05, 4.69) is 337 Å². The molecule has 0 saturated carbocycles. The van der Waals surface area contributed by atoms with Crippen LogP contribution in [0.3, 0.4) is 0 Å². The molecule has 4 heterocycles. The number of nitrogens with zero attached hydrogens (tertiary/aromatic N) is 6. The van der Waals surface area contributed by atoms with E-state index in [1.165, 1.54) is 66.0 Å². The molecule has 0 aliphatic heterocycles. The zero-order valence-corrected chi connectivity index (χ0v) is 51.0. The lowest BCUT2D eigenvalue weighted by molar-refractivity contribution is 0.755. The minimum Gasteiger partial charge on any atom is -0.309 e. The molecule has 0 spiro atoms. The quantitative estimate of drug-likeness (QED) is 0.137. The van der Waals surface area contributed by atoms with Crippen molar-refractivity contribution in [2.24, 2.45) is 0 Å². The van der Waals surface area contributed by atoms with Gasteiger partial charge in [0.15, 0.2) is 11.6 Å². The van der Waals surface area contributed by atoms with Crippen molar-refractivity contribution in [3.63, 3.8) is 0 Å². The van der Waals surface area contributed by atoms with E-state index in [1.807, 2.05) is 0 Å². The maximum atomic E-state index is 5.47. The third-order valence-corrected chi connectivity index (χ3v) is 19.6. The van der Waals surface area contributed by atoms with Crippen LogP contribution in [0, 0.1) is 0 Å². The summed E-state index contributed by atoms with van der Waals surface area (Å²) < 4.78 is 4.77. The second kappa shape index (κ2) is 21.7. The van der Waals surface area contributed by atoms with Gasteiger partial charge >= 0.3 is 0 Å². The molecule has 0 N–H and O–H groups in total. The molecule has 6 heteroatoms. The summed E-state index contributed by atoms with van der Waals surface area (Å²) in [5, 5.41) is 4.82. The van der Waals surface area contributed by atoms with Crippen LogP contribution in [0.5, 0.6) is 0 Å². The van der Waals surface area contributed by atoms with Crippen molar-refractivity contribution in [3.8, 4) is 101 Å². The summed E-state index contributed by atoms with van der Waals surface area (Å²) in [5.74, 6) is 1.36. The van der Waals surface area contributed by atoms with Crippen molar-refractivity contribution in [3.05, 3.63) is 361 Å². The van der Waals surface area contributed by atoms with Crippen LogP contribution < -0.4 is 0 Å². The van der Waals surface area contributed by atoms with Crippen LogP contribution in [0.15, 0.2) is 328 Å². The van der Waals surface area contributed by atoms with E-state index in [9.17, 15) is 0 Å². The van der Waals surface area contributed by atoms with E-state index in [4.69, 9.17) is 19.9 Å². The van der Waals surface area contributed by atoms with Crippen molar-refractivity contribution >= 4 is 43.6 Å². The van der Waals surface area contributed by atoms with E-state index >= 15 is 0 Å². The van der Waals surface area contributed by atoms with Gasteiger partial charge in [-0.1, -0.05) is 255 Å². The highest BCUT2D eigenvalue weighted by Gasteiger charge is 2.42. The Balaban J connectivity index is 0.736. The van der Waals surface area contributed by atoms with Crippen molar-refractivity contribution in [2.75, 3.05) is 0 Å². The first-order chi connectivity index (χ1) is 46.6. The lowest BCUT2D eigenvalue weighted by Gasteiger charge is -2.42. The van der Waals surface area contributed by atoms with E-state index in [-0.39, 0.29) is 11.8 Å². The molecule has 4 aromatic heterocycles. The summed E-state index contributed by atoms with van der Waals surface area (Å²) in [6, 6.07) is 118. The molecule has 0 saturated heterocycles. The Morgan fingerprint density at radius 3 is 0.979 bits per heavy atom. The fourth-order valence-electron chi connectivity index (χ4n) is 15.5. The van der Waals surface area contributed by atoms with Crippen LogP contribution in [-0.4, -0.2) is 29.1 Å². The van der Waals surface area contributed by atoms with E-state index in [0.29, 0.717) is 11.6 Å². The Kier molecular flexibility index (Phi) is 12.3. The molecule has 3 aliphatic rings. The van der Waals surface area contributed by atoms with Gasteiger partial charge in [0.25, 0.3) is 0 Å². The van der Waals surface area contributed by atoms with Gasteiger partial charge in [-0.15, -0.1) is 0 Å². The van der Waals surface area contributed by atoms with Gasteiger partial charge in [0.05, 0.1) is 44.8 Å². The predicted octanol–water partition coefficient (Wildman–Crippen LogP) is 21.8. The first-order valence-corrected chi connectivity index (χ1v) is 32.3. The molecule has 0 radical (unpaired) electrons. The van der Waals surface area contributed by atoms with Gasteiger partial charge < -0.3 is 9.13 Å². The highest BCUT2D eigenvalue weighted by atomic mass is 15.0. The van der Waals surface area contributed by atoms with Crippen molar-refractivity contribution in [1.82, 2.24) is 29.1 Å². The van der Waals surface area contributed by atoms with E-state index < -0.39 is 0 Å². The fourth-order valence-corrected chi connectivity index (χ4v) is 15.5. The number of rotatable bonds is 10. The molecule has 2 unspecified atom stereocenters. The number of benzene rings is 13. The highest BCUT2D eigenvalue weighted by molar-refractivity contribution is 6.18.